The fraction of sp³-hybridized carbons (Fsp3) is 0.722. The molecule has 1 aromatic carbocycles. The van der Waals surface area contributed by atoms with Gasteiger partial charge in [-0.1, -0.05) is 70.5 Å². The molecule has 1 aromatic rings. The van der Waals surface area contributed by atoms with E-state index in [9.17, 15) is 9.59 Å². The van der Waals surface area contributed by atoms with Crippen LogP contribution in [0.1, 0.15) is 98.0 Å². The fourth-order valence-corrected chi connectivity index (χ4v) is 11.2. The Morgan fingerprint density at radius 3 is 2.30 bits per heavy atom. The van der Waals surface area contributed by atoms with Crippen molar-refractivity contribution in [2.45, 2.75) is 105 Å². The van der Waals surface area contributed by atoms with E-state index in [0.29, 0.717) is 30.1 Å². The SMILES string of the molecule is COC(=O)C1CCC2(C)CCC3C(=CC(=O)C4C3(C)CCC3C(C)(C)C(OCc5ccccc5)CCC34C)C2C1. The summed E-state index contributed by atoms with van der Waals surface area (Å²) < 4.78 is 11.8. The molecule has 0 bridgehead atoms. The molecule has 0 spiro atoms. The normalized spacial score (nSPS) is 43.9. The van der Waals surface area contributed by atoms with Crippen LogP contribution in [0.4, 0.5) is 0 Å². The fourth-order valence-electron chi connectivity index (χ4n) is 11.2. The summed E-state index contributed by atoms with van der Waals surface area (Å²) >= 11 is 0. The molecule has 4 heteroatoms. The predicted octanol–water partition coefficient (Wildman–Crippen LogP) is 7.95. The zero-order chi connectivity index (χ0) is 28.5. The van der Waals surface area contributed by atoms with E-state index < -0.39 is 0 Å². The van der Waals surface area contributed by atoms with Gasteiger partial charge < -0.3 is 9.47 Å². The van der Waals surface area contributed by atoms with Crippen LogP contribution in [0.2, 0.25) is 0 Å². The quantitative estimate of drug-likeness (QED) is 0.360. The van der Waals surface area contributed by atoms with E-state index in [4.69, 9.17) is 9.47 Å². The van der Waals surface area contributed by atoms with E-state index in [1.54, 1.807) is 0 Å². The minimum atomic E-state index is -0.0718. The van der Waals surface area contributed by atoms with Gasteiger partial charge in [0.15, 0.2) is 5.78 Å². The molecule has 4 nitrogen and oxygen atoms in total. The summed E-state index contributed by atoms with van der Waals surface area (Å²) in [6.45, 7) is 12.8. The van der Waals surface area contributed by atoms with Crippen LogP contribution in [0.5, 0.6) is 0 Å². The topological polar surface area (TPSA) is 52.6 Å². The zero-order valence-corrected chi connectivity index (χ0v) is 25.6. The first-order valence-corrected chi connectivity index (χ1v) is 15.9. The van der Waals surface area contributed by atoms with Crippen LogP contribution in [0, 0.1) is 51.2 Å². The van der Waals surface area contributed by atoms with Crippen LogP contribution >= 0.6 is 0 Å². The molecule has 9 unspecified atom stereocenters. The van der Waals surface area contributed by atoms with Crippen molar-refractivity contribution in [2.75, 3.05) is 7.11 Å². The van der Waals surface area contributed by atoms with Gasteiger partial charge in [0.2, 0.25) is 0 Å². The highest BCUT2D eigenvalue weighted by atomic mass is 16.5. The number of carbonyl (C=O) groups is 2. The predicted molar refractivity (Wildman–Crippen MR) is 157 cm³/mol. The number of esters is 1. The van der Waals surface area contributed by atoms with Crippen LogP contribution in [0.25, 0.3) is 0 Å². The number of ether oxygens (including phenoxy) is 2. The molecule has 5 aliphatic carbocycles. The highest BCUT2D eigenvalue weighted by Gasteiger charge is 2.66. The molecule has 0 saturated heterocycles. The Kier molecular flexibility index (Phi) is 6.92. The van der Waals surface area contributed by atoms with Gasteiger partial charge in [-0.15, -0.1) is 0 Å². The van der Waals surface area contributed by atoms with Gasteiger partial charge in [0.25, 0.3) is 0 Å². The Hall–Kier alpha value is -1.94. The highest BCUT2D eigenvalue weighted by molar-refractivity contribution is 5.95. The van der Waals surface area contributed by atoms with Crippen molar-refractivity contribution in [1.82, 2.24) is 0 Å². The molecule has 0 aromatic heterocycles. The molecule has 0 aliphatic heterocycles. The number of rotatable bonds is 4. The maximum atomic E-state index is 14.4. The van der Waals surface area contributed by atoms with Crippen molar-refractivity contribution in [2.24, 2.45) is 51.2 Å². The summed E-state index contributed by atoms with van der Waals surface area (Å²) in [6.07, 6.45) is 11.8. The van der Waals surface area contributed by atoms with Crippen LogP contribution < -0.4 is 0 Å². The number of fused-ring (bicyclic) bond motifs is 7. The highest BCUT2D eigenvalue weighted by Crippen LogP contribution is 2.71. The summed E-state index contributed by atoms with van der Waals surface area (Å²) in [5, 5.41) is 0. The second-order valence-electron chi connectivity index (χ2n) is 15.5. The summed E-state index contributed by atoms with van der Waals surface area (Å²) in [7, 11) is 1.51. The summed E-state index contributed by atoms with van der Waals surface area (Å²) in [5.74, 6) is 1.53. The smallest absolute Gasteiger partial charge is 0.308 e. The summed E-state index contributed by atoms with van der Waals surface area (Å²) in [5.41, 5.74) is 2.77. The largest absolute Gasteiger partial charge is 0.469 e. The molecule has 0 amide bonds. The Labute approximate surface area is 241 Å². The van der Waals surface area contributed by atoms with Crippen LogP contribution in [0.15, 0.2) is 42.0 Å². The van der Waals surface area contributed by atoms with E-state index in [0.717, 1.165) is 44.9 Å². The number of carbonyl (C=O) groups excluding carboxylic acids is 2. The summed E-state index contributed by atoms with van der Waals surface area (Å²) in [4.78, 5) is 27.0. The maximum absolute atomic E-state index is 14.4. The minimum absolute atomic E-state index is 0.00955. The van der Waals surface area contributed by atoms with Gasteiger partial charge in [0, 0.05) is 5.92 Å². The third-order valence-corrected chi connectivity index (χ3v) is 13.2. The molecule has 40 heavy (non-hydrogen) atoms. The van der Waals surface area contributed by atoms with Crippen LogP contribution in [-0.2, 0) is 25.7 Å². The van der Waals surface area contributed by atoms with Crippen molar-refractivity contribution in [1.29, 1.82) is 0 Å². The van der Waals surface area contributed by atoms with Crippen LogP contribution in [-0.4, -0.2) is 25.0 Å². The molecule has 0 heterocycles. The van der Waals surface area contributed by atoms with Gasteiger partial charge in [-0.3, -0.25) is 9.59 Å². The molecule has 4 saturated carbocycles. The molecule has 9 atom stereocenters. The number of hydrogen-bond acceptors (Lipinski definition) is 4. The third-order valence-electron chi connectivity index (χ3n) is 13.2. The Morgan fingerprint density at radius 2 is 1.57 bits per heavy atom. The van der Waals surface area contributed by atoms with Crippen LogP contribution in [0.3, 0.4) is 0 Å². The number of hydrogen-bond donors (Lipinski definition) is 0. The maximum Gasteiger partial charge on any atom is 0.308 e. The van der Waals surface area contributed by atoms with Gasteiger partial charge in [0.1, 0.15) is 0 Å². The first kappa shape index (κ1) is 28.2. The Balaban J connectivity index is 1.29. The van der Waals surface area contributed by atoms with E-state index in [1.165, 1.54) is 31.1 Å². The van der Waals surface area contributed by atoms with Gasteiger partial charge in [-0.2, -0.15) is 0 Å². The Morgan fingerprint density at radius 1 is 0.875 bits per heavy atom. The number of benzene rings is 1. The van der Waals surface area contributed by atoms with E-state index in [2.05, 4.69) is 71.0 Å². The lowest BCUT2D eigenvalue weighted by molar-refractivity contribution is -0.198. The molecule has 0 N–H and O–H groups in total. The molecule has 6 rings (SSSR count). The van der Waals surface area contributed by atoms with E-state index >= 15 is 0 Å². The average Bonchev–Trinajstić information content (AvgIpc) is 2.91. The standard InChI is InChI=1S/C36H50O4/c1-33(2)29-14-18-35(4)26-13-17-34(3)16-12-24(32(38)39-6)20-27(34)25(26)21-28(37)31(35)36(29,5)19-15-30(33)40-22-23-10-8-7-9-11-23/h7-11,21,24,26-27,29-31H,12-20,22H2,1-6H3. The molecule has 5 aliphatic rings. The second-order valence-corrected chi connectivity index (χ2v) is 15.5. The van der Waals surface area contributed by atoms with Crippen molar-refractivity contribution in [3.05, 3.63) is 47.5 Å². The van der Waals surface area contributed by atoms with Crippen molar-refractivity contribution < 1.29 is 19.1 Å². The van der Waals surface area contributed by atoms with E-state index in [1.807, 2.05) is 0 Å². The lowest BCUT2D eigenvalue weighted by Gasteiger charge is -2.67. The average molecular weight is 547 g/mol. The molecular formula is C36H50O4. The van der Waals surface area contributed by atoms with Gasteiger partial charge in [0.05, 0.1) is 25.7 Å². The second kappa shape index (κ2) is 9.82. The van der Waals surface area contributed by atoms with Gasteiger partial charge >= 0.3 is 5.97 Å². The minimum Gasteiger partial charge on any atom is -0.469 e. The number of allylic oxidation sites excluding steroid dienone is 2. The zero-order valence-electron chi connectivity index (χ0n) is 25.6. The molecule has 0 radical (unpaired) electrons. The van der Waals surface area contributed by atoms with Crippen molar-refractivity contribution in [3.8, 4) is 0 Å². The van der Waals surface area contributed by atoms with Gasteiger partial charge in [-0.25, -0.2) is 0 Å². The van der Waals surface area contributed by atoms with Crippen molar-refractivity contribution in [3.63, 3.8) is 0 Å². The lowest BCUT2D eigenvalue weighted by atomic mass is 9.37. The first-order valence-electron chi connectivity index (χ1n) is 15.9. The number of methoxy groups -OCH3 is 1. The number of ketones is 1. The molecular weight excluding hydrogens is 496 g/mol. The summed E-state index contributed by atoms with van der Waals surface area (Å²) in [6, 6.07) is 10.5. The molecule has 4 fully saturated rings. The monoisotopic (exact) mass is 546 g/mol. The Bertz CT molecular complexity index is 1180. The van der Waals surface area contributed by atoms with E-state index in [-0.39, 0.29) is 45.6 Å². The van der Waals surface area contributed by atoms with Gasteiger partial charge in [-0.05, 0) is 109 Å². The first-order chi connectivity index (χ1) is 18.9. The lowest BCUT2D eigenvalue weighted by Crippen LogP contribution is -2.64. The van der Waals surface area contributed by atoms with Crippen molar-refractivity contribution >= 4 is 11.8 Å². The molecule has 218 valence electrons. The third kappa shape index (κ3) is 4.17.